The van der Waals surface area contributed by atoms with Gasteiger partial charge in [0.2, 0.25) is 0 Å². The fraction of sp³-hybridized carbons (Fsp3) is 0.619. The average Bonchev–Trinajstić information content (AvgIpc) is 3.25. The molecule has 0 aromatic carbocycles. The molecule has 0 aliphatic rings. The van der Waals surface area contributed by atoms with Gasteiger partial charge in [-0.05, 0) is 51.4 Å². The van der Waals surface area contributed by atoms with Crippen LogP contribution in [0.1, 0.15) is 77.0 Å². The smallest absolute Gasteiger partial charge is 0.330 e. The summed E-state index contributed by atoms with van der Waals surface area (Å²) >= 11 is 0. The maximum atomic E-state index is 12.6. The molecule has 0 saturated carbocycles. The van der Waals surface area contributed by atoms with Crippen LogP contribution in [0.4, 0.5) is 0 Å². The maximum absolute atomic E-state index is 12.6. The Morgan fingerprint density at radius 2 is 0.483 bits per heavy atom. The molecule has 0 rings (SSSR count). The van der Waals surface area contributed by atoms with Crippen LogP contribution >= 0.6 is 0 Å². The van der Waals surface area contributed by atoms with Crippen molar-refractivity contribution in [3.05, 3.63) is 50.6 Å². The highest BCUT2D eigenvalue weighted by atomic mass is 16.6. The van der Waals surface area contributed by atoms with Gasteiger partial charge >= 0.3 is 47.8 Å². The van der Waals surface area contributed by atoms with Gasteiger partial charge in [0.05, 0.1) is 78.5 Å². The zero-order valence-corrected chi connectivity index (χ0v) is 34.9. The third-order valence-electron chi connectivity index (χ3n) is 8.11. The van der Waals surface area contributed by atoms with E-state index in [1.807, 2.05) is 9.80 Å². The average molecular weight is 853 g/mol. The van der Waals surface area contributed by atoms with Crippen molar-refractivity contribution in [1.82, 2.24) is 9.80 Å². The summed E-state index contributed by atoms with van der Waals surface area (Å²) in [5, 5.41) is 0. The zero-order valence-electron chi connectivity index (χ0n) is 34.9. The van der Waals surface area contributed by atoms with Crippen molar-refractivity contribution in [2.45, 2.75) is 77.0 Å². The third kappa shape index (κ3) is 34.7. The number of nitrogens with zero attached hydrogens (tertiary/aromatic N) is 2. The first-order valence-corrected chi connectivity index (χ1v) is 20.2. The van der Waals surface area contributed by atoms with Crippen molar-refractivity contribution in [3.63, 3.8) is 0 Å². The highest BCUT2D eigenvalue weighted by molar-refractivity contribution is 5.82. The summed E-state index contributed by atoms with van der Waals surface area (Å²) in [5.41, 5.74) is 0. The molecule has 0 radical (unpaired) electrons. The highest BCUT2D eigenvalue weighted by Crippen LogP contribution is 2.05. The molecule has 0 atom stereocenters. The van der Waals surface area contributed by atoms with Crippen LogP contribution in [-0.2, 0) is 76.3 Å². The van der Waals surface area contributed by atoms with Gasteiger partial charge in [-0.3, -0.25) is 19.2 Å². The predicted octanol–water partition coefficient (Wildman–Crippen LogP) is 3.36. The summed E-state index contributed by atoms with van der Waals surface area (Å²) in [4.78, 5) is 98.8. The van der Waals surface area contributed by atoms with Crippen molar-refractivity contribution in [2.75, 3.05) is 92.1 Å². The van der Waals surface area contributed by atoms with E-state index in [-0.39, 0.29) is 105 Å². The normalized spacial score (nSPS) is 10.5. The van der Waals surface area contributed by atoms with E-state index in [4.69, 9.17) is 37.9 Å². The number of hydrogen-bond donors (Lipinski definition) is 0. The van der Waals surface area contributed by atoms with Gasteiger partial charge < -0.3 is 47.7 Å². The standard InChI is InChI=1S/C42H64N2O16/c1-5-35(45)53-27-9-13-31-57-39(49)17-21-43(22-18-40(50)58-32-14-10-28-54-36(46)6-2)25-26-44(23-19-41(51)59-33-15-11-29-55-37(47)7-3)24-20-42(52)60-34-16-12-30-56-38(48)8-4/h5-8H,1-4,9-34H2. The van der Waals surface area contributed by atoms with Crippen LogP contribution in [0.5, 0.6) is 0 Å². The molecule has 0 spiro atoms. The first kappa shape index (κ1) is 54.6. The van der Waals surface area contributed by atoms with Gasteiger partial charge in [0.1, 0.15) is 0 Å². The predicted molar refractivity (Wildman–Crippen MR) is 217 cm³/mol. The fourth-order valence-electron chi connectivity index (χ4n) is 4.73. The zero-order chi connectivity index (χ0) is 44.6. The molecule has 0 fully saturated rings. The van der Waals surface area contributed by atoms with Gasteiger partial charge in [-0.15, -0.1) is 0 Å². The third-order valence-corrected chi connectivity index (χ3v) is 8.11. The van der Waals surface area contributed by atoms with E-state index in [0.29, 0.717) is 64.5 Å². The first-order chi connectivity index (χ1) is 28.9. The molecule has 0 aromatic rings. The van der Waals surface area contributed by atoms with Crippen LogP contribution in [0.2, 0.25) is 0 Å². The molecule has 0 heterocycles. The Bertz CT molecular complexity index is 1150. The second kappa shape index (κ2) is 37.9. The molecule has 0 unspecified atom stereocenters. The number of ether oxygens (including phenoxy) is 8. The molecule has 18 nitrogen and oxygen atoms in total. The second-order valence-electron chi connectivity index (χ2n) is 12.9. The molecule has 0 aromatic heterocycles. The Kier molecular flexibility index (Phi) is 34.5. The summed E-state index contributed by atoms with van der Waals surface area (Å²) in [6.45, 7) is 16.2. The van der Waals surface area contributed by atoms with E-state index >= 15 is 0 Å². The Labute approximate surface area is 353 Å². The molecule has 0 amide bonds. The number of carbonyl (C=O) groups excluding carboxylic acids is 8. The van der Waals surface area contributed by atoms with Crippen molar-refractivity contribution in [1.29, 1.82) is 0 Å². The quantitative estimate of drug-likeness (QED) is 0.0375. The minimum Gasteiger partial charge on any atom is -0.466 e. The van der Waals surface area contributed by atoms with E-state index in [0.717, 1.165) is 24.3 Å². The molecule has 0 N–H and O–H groups in total. The van der Waals surface area contributed by atoms with E-state index in [1.54, 1.807) is 0 Å². The lowest BCUT2D eigenvalue weighted by Gasteiger charge is -2.27. The first-order valence-electron chi connectivity index (χ1n) is 20.2. The number of unbranched alkanes of at least 4 members (excludes halogenated alkanes) is 4. The van der Waals surface area contributed by atoms with Gasteiger partial charge in [-0.25, -0.2) is 19.2 Å². The summed E-state index contributed by atoms with van der Waals surface area (Å²) in [7, 11) is 0. The lowest BCUT2D eigenvalue weighted by Crippen LogP contribution is -2.39. The van der Waals surface area contributed by atoms with E-state index in [2.05, 4.69) is 26.3 Å². The summed E-state index contributed by atoms with van der Waals surface area (Å²) in [6.07, 6.45) is 8.26. The van der Waals surface area contributed by atoms with Crippen LogP contribution in [0.25, 0.3) is 0 Å². The molecule has 0 aliphatic carbocycles. The van der Waals surface area contributed by atoms with Crippen LogP contribution in [0.3, 0.4) is 0 Å². The minimum absolute atomic E-state index is 0.0160. The SMILES string of the molecule is C=CC(=O)OCCCCOC(=O)CCN(CCC(=O)OCCCCOC(=O)C=C)CCN(CCC(=O)OCCCCOC(=O)C=C)CCC(=O)OCCCCOC(=O)C=C. The monoisotopic (exact) mass is 852 g/mol. The summed E-state index contributed by atoms with van der Waals surface area (Å²) in [6, 6.07) is 0. The van der Waals surface area contributed by atoms with E-state index in [1.165, 1.54) is 0 Å². The molecule has 0 saturated heterocycles. The largest absolute Gasteiger partial charge is 0.466 e. The fourth-order valence-corrected chi connectivity index (χ4v) is 4.73. The summed E-state index contributed by atoms with van der Waals surface area (Å²) < 4.78 is 41.0. The minimum atomic E-state index is -0.532. The van der Waals surface area contributed by atoms with Crippen molar-refractivity contribution < 1.29 is 76.3 Å². The highest BCUT2D eigenvalue weighted by Gasteiger charge is 2.17. The second-order valence-corrected chi connectivity index (χ2v) is 12.9. The van der Waals surface area contributed by atoms with E-state index in [9.17, 15) is 38.4 Å². The number of esters is 8. The van der Waals surface area contributed by atoms with Crippen molar-refractivity contribution in [2.24, 2.45) is 0 Å². The molecular weight excluding hydrogens is 788 g/mol. The topological polar surface area (TPSA) is 217 Å². The maximum Gasteiger partial charge on any atom is 0.330 e. The summed E-state index contributed by atoms with van der Waals surface area (Å²) in [5.74, 6) is -3.95. The van der Waals surface area contributed by atoms with Crippen molar-refractivity contribution >= 4 is 47.8 Å². The molecule has 338 valence electrons. The molecule has 0 bridgehead atoms. The van der Waals surface area contributed by atoms with Gasteiger partial charge in [0, 0.05) is 63.6 Å². The van der Waals surface area contributed by atoms with Crippen LogP contribution in [0.15, 0.2) is 50.6 Å². The van der Waals surface area contributed by atoms with Crippen LogP contribution in [-0.4, -0.2) is 150 Å². The van der Waals surface area contributed by atoms with E-state index < -0.39 is 47.8 Å². The Morgan fingerprint density at radius 1 is 0.300 bits per heavy atom. The number of carbonyl (C=O) groups is 8. The number of hydrogen-bond acceptors (Lipinski definition) is 18. The van der Waals surface area contributed by atoms with Gasteiger partial charge in [0.15, 0.2) is 0 Å². The lowest BCUT2D eigenvalue weighted by molar-refractivity contribution is -0.146. The Balaban J connectivity index is 5.34. The Hall–Kier alpha value is -5.36. The van der Waals surface area contributed by atoms with Crippen LogP contribution < -0.4 is 0 Å². The van der Waals surface area contributed by atoms with Gasteiger partial charge in [-0.1, -0.05) is 26.3 Å². The molecular formula is C42H64N2O16. The van der Waals surface area contributed by atoms with Crippen LogP contribution in [0, 0.1) is 0 Å². The van der Waals surface area contributed by atoms with Crippen molar-refractivity contribution in [3.8, 4) is 0 Å². The molecule has 18 heteroatoms. The van der Waals surface area contributed by atoms with Gasteiger partial charge in [0.25, 0.3) is 0 Å². The molecule has 60 heavy (non-hydrogen) atoms. The lowest BCUT2D eigenvalue weighted by atomic mass is 10.3. The van der Waals surface area contributed by atoms with Gasteiger partial charge in [-0.2, -0.15) is 0 Å². The molecule has 0 aliphatic heterocycles. The Morgan fingerprint density at radius 3 is 0.667 bits per heavy atom. The number of rotatable bonds is 39.